The van der Waals surface area contributed by atoms with E-state index in [4.69, 9.17) is 10.2 Å². The van der Waals surface area contributed by atoms with Crippen molar-refractivity contribution in [1.29, 1.82) is 0 Å². The monoisotopic (exact) mass is 290 g/mol. The summed E-state index contributed by atoms with van der Waals surface area (Å²) in [6.45, 7) is 0. The van der Waals surface area contributed by atoms with Crippen molar-refractivity contribution in [2.24, 2.45) is 0 Å². The molecule has 0 heterocycles. The first-order valence-electron chi connectivity index (χ1n) is 6.19. The van der Waals surface area contributed by atoms with Crippen LogP contribution >= 0.6 is 0 Å². The highest BCUT2D eigenvalue weighted by atomic mass is 19.1. The third-order valence-electron chi connectivity index (χ3n) is 2.44. The minimum Gasteiger partial charge on any atom is -0.481 e. The molecule has 2 rings (SSSR count). The fraction of sp³-hybridized carbons (Fsp3) is 0.125. The minimum absolute atomic E-state index is 0.112. The van der Waals surface area contributed by atoms with E-state index in [1.54, 1.807) is 18.2 Å². The largest absolute Gasteiger partial charge is 0.481 e. The van der Waals surface area contributed by atoms with Crippen LogP contribution in [0.5, 0.6) is 0 Å². The van der Waals surface area contributed by atoms with Crippen LogP contribution in [0.15, 0.2) is 54.6 Å². The van der Waals surface area contributed by atoms with Crippen LogP contribution in [0.3, 0.4) is 0 Å². The Morgan fingerprint density at radius 3 is 1.86 bits per heavy atom. The molecular formula is C16H15FO4. The Balaban J connectivity index is 0.000000211. The number of benzene rings is 2. The predicted octanol–water partition coefficient (Wildman–Crippen LogP) is 2.77. The van der Waals surface area contributed by atoms with Crippen LogP contribution < -0.4 is 0 Å². The second-order valence-electron chi connectivity index (χ2n) is 4.26. The number of halogens is 1. The van der Waals surface area contributed by atoms with E-state index in [9.17, 15) is 14.0 Å². The van der Waals surface area contributed by atoms with Gasteiger partial charge in [0.15, 0.2) is 0 Å². The molecule has 2 aromatic rings. The highest BCUT2D eigenvalue weighted by Gasteiger charge is 2.00. The average Bonchev–Trinajstić information content (AvgIpc) is 2.39. The van der Waals surface area contributed by atoms with Gasteiger partial charge in [0.25, 0.3) is 0 Å². The van der Waals surface area contributed by atoms with Crippen molar-refractivity contribution < 1.29 is 24.2 Å². The topological polar surface area (TPSA) is 74.6 Å². The summed E-state index contributed by atoms with van der Waals surface area (Å²) in [4.78, 5) is 20.3. The molecule has 0 saturated heterocycles. The Bertz CT molecular complexity index is 596. The quantitative estimate of drug-likeness (QED) is 0.908. The summed E-state index contributed by atoms with van der Waals surface area (Å²) in [5.41, 5.74) is 1.33. The van der Waals surface area contributed by atoms with Crippen LogP contribution in [0.2, 0.25) is 0 Å². The lowest BCUT2D eigenvalue weighted by atomic mass is 10.1. The lowest BCUT2D eigenvalue weighted by Crippen LogP contribution is -1.99. The zero-order valence-electron chi connectivity index (χ0n) is 11.2. The van der Waals surface area contributed by atoms with Crippen molar-refractivity contribution >= 4 is 11.9 Å². The lowest BCUT2D eigenvalue weighted by Gasteiger charge is -1.94. The highest BCUT2D eigenvalue weighted by molar-refractivity contribution is 5.70. The van der Waals surface area contributed by atoms with Crippen LogP contribution in [0.4, 0.5) is 4.39 Å². The van der Waals surface area contributed by atoms with E-state index in [1.807, 2.05) is 18.2 Å². The number of carboxylic acids is 2. The molecule has 4 nitrogen and oxygen atoms in total. The lowest BCUT2D eigenvalue weighted by molar-refractivity contribution is -0.137. The molecule has 0 radical (unpaired) electrons. The molecule has 0 aliphatic rings. The van der Waals surface area contributed by atoms with Gasteiger partial charge in [-0.1, -0.05) is 42.5 Å². The van der Waals surface area contributed by atoms with E-state index in [2.05, 4.69) is 0 Å². The maximum Gasteiger partial charge on any atom is 0.307 e. The van der Waals surface area contributed by atoms with E-state index in [0.717, 1.165) is 5.56 Å². The van der Waals surface area contributed by atoms with Gasteiger partial charge in [-0.25, -0.2) is 4.39 Å². The standard InChI is InChI=1S/C8H7FO2.C8H8O2/c9-7-3-1-2-6(4-7)5-8(10)11;9-8(10)6-7-4-2-1-3-5-7/h1-4H,5H2,(H,10,11);1-5H,6H2,(H,9,10). The average molecular weight is 290 g/mol. The first kappa shape index (κ1) is 16.4. The van der Waals surface area contributed by atoms with Gasteiger partial charge in [0.05, 0.1) is 12.8 Å². The van der Waals surface area contributed by atoms with Crippen molar-refractivity contribution in [3.63, 3.8) is 0 Å². The van der Waals surface area contributed by atoms with Crippen molar-refractivity contribution in [1.82, 2.24) is 0 Å². The van der Waals surface area contributed by atoms with E-state index in [1.165, 1.54) is 18.2 Å². The fourth-order valence-electron chi connectivity index (χ4n) is 1.59. The van der Waals surface area contributed by atoms with Gasteiger partial charge in [-0.15, -0.1) is 0 Å². The first-order chi connectivity index (χ1) is 9.97. The molecule has 0 aliphatic carbocycles. The number of aliphatic carboxylic acids is 2. The van der Waals surface area contributed by atoms with Crippen LogP contribution in [-0.4, -0.2) is 22.2 Å². The normalized spacial score (nSPS) is 9.38. The summed E-state index contributed by atoms with van der Waals surface area (Å²) in [6, 6.07) is 14.7. The van der Waals surface area contributed by atoms with Gasteiger partial charge in [0.1, 0.15) is 5.82 Å². The molecule has 0 fully saturated rings. The molecule has 0 bridgehead atoms. The number of carbonyl (C=O) groups is 2. The minimum atomic E-state index is -0.949. The Hall–Kier alpha value is -2.69. The Morgan fingerprint density at radius 1 is 0.810 bits per heavy atom. The number of rotatable bonds is 4. The molecule has 5 heteroatoms. The van der Waals surface area contributed by atoms with Gasteiger partial charge in [0, 0.05) is 0 Å². The Kier molecular flexibility index (Phi) is 6.60. The zero-order valence-corrected chi connectivity index (χ0v) is 11.2. The summed E-state index contributed by atoms with van der Waals surface area (Å²) in [5, 5.41) is 16.7. The van der Waals surface area contributed by atoms with Crippen LogP contribution in [0.1, 0.15) is 11.1 Å². The fourth-order valence-corrected chi connectivity index (χ4v) is 1.59. The summed E-state index contributed by atoms with van der Waals surface area (Å²) < 4.78 is 12.4. The van der Waals surface area contributed by atoms with Crippen molar-refractivity contribution in [2.75, 3.05) is 0 Å². The van der Waals surface area contributed by atoms with Crippen molar-refractivity contribution in [3.8, 4) is 0 Å². The molecule has 2 N–H and O–H groups in total. The third kappa shape index (κ3) is 7.47. The second-order valence-corrected chi connectivity index (χ2v) is 4.26. The zero-order chi connectivity index (χ0) is 15.7. The summed E-state index contributed by atoms with van der Waals surface area (Å²) in [5.74, 6) is -2.13. The van der Waals surface area contributed by atoms with E-state index >= 15 is 0 Å². The summed E-state index contributed by atoms with van der Waals surface area (Å²) >= 11 is 0. The van der Waals surface area contributed by atoms with E-state index in [-0.39, 0.29) is 12.8 Å². The van der Waals surface area contributed by atoms with Gasteiger partial charge in [-0.05, 0) is 23.3 Å². The van der Waals surface area contributed by atoms with Gasteiger partial charge in [-0.3, -0.25) is 9.59 Å². The van der Waals surface area contributed by atoms with Gasteiger partial charge < -0.3 is 10.2 Å². The van der Waals surface area contributed by atoms with Crippen molar-refractivity contribution in [3.05, 3.63) is 71.5 Å². The molecule has 0 aliphatic heterocycles. The van der Waals surface area contributed by atoms with Gasteiger partial charge in [0.2, 0.25) is 0 Å². The molecule has 110 valence electrons. The molecule has 2 aromatic carbocycles. The molecule has 21 heavy (non-hydrogen) atoms. The van der Waals surface area contributed by atoms with Crippen LogP contribution in [-0.2, 0) is 22.4 Å². The van der Waals surface area contributed by atoms with Crippen LogP contribution in [0.25, 0.3) is 0 Å². The molecule has 0 aromatic heterocycles. The molecule has 0 atom stereocenters. The Morgan fingerprint density at radius 2 is 1.33 bits per heavy atom. The number of hydrogen-bond acceptors (Lipinski definition) is 2. The molecular weight excluding hydrogens is 275 g/mol. The maximum absolute atomic E-state index is 12.4. The first-order valence-corrected chi connectivity index (χ1v) is 6.19. The predicted molar refractivity (Wildman–Crippen MR) is 75.5 cm³/mol. The number of carboxylic acid groups (broad SMARTS) is 2. The molecule has 0 saturated carbocycles. The van der Waals surface area contributed by atoms with Crippen LogP contribution in [0, 0.1) is 5.82 Å². The van der Waals surface area contributed by atoms with Crippen molar-refractivity contribution in [2.45, 2.75) is 12.8 Å². The number of hydrogen-bond donors (Lipinski definition) is 2. The SMILES string of the molecule is O=C(O)Cc1cccc(F)c1.O=C(O)Cc1ccccc1. The Labute approximate surface area is 121 Å². The molecule has 0 amide bonds. The molecule has 0 spiro atoms. The third-order valence-corrected chi connectivity index (χ3v) is 2.44. The maximum atomic E-state index is 12.4. The van der Waals surface area contributed by atoms with E-state index in [0.29, 0.717) is 5.56 Å². The molecule has 0 unspecified atom stereocenters. The van der Waals surface area contributed by atoms with Gasteiger partial charge >= 0.3 is 11.9 Å². The highest BCUT2D eigenvalue weighted by Crippen LogP contribution is 2.03. The second kappa shape index (κ2) is 8.47. The van der Waals surface area contributed by atoms with Gasteiger partial charge in [-0.2, -0.15) is 0 Å². The summed E-state index contributed by atoms with van der Waals surface area (Å²) in [6.07, 6.45) is -0.0153. The van der Waals surface area contributed by atoms with E-state index < -0.39 is 17.8 Å². The smallest absolute Gasteiger partial charge is 0.307 e. The summed E-state index contributed by atoms with van der Waals surface area (Å²) in [7, 11) is 0.